The van der Waals surface area contributed by atoms with Crippen LogP contribution < -0.4 is 5.73 Å². The summed E-state index contributed by atoms with van der Waals surface area (Å²) in [5.41, 5.74) is 5.06. The van der Waals surface area contributed by atoms with E-state index in [1.165, 1.54) is 0 Å². The second-order valence-corrected chi connectivity index (χ2v) is 5.94. The molecule has 0 atom stereocenters. The summed E-state index contributed by atoms with van der Waals surface area (Å²) >= 11 is 0. The van der Waals surface area contributed by atoms with Gasteiger partial charge < -0.3 is 15.4 Å². The molecule has 1 rings (SSSR count). The number of hydrogen-bond acceptors (Lipinski definition) is 3. The van der Waals surface area contributed by atoms with E-state index in [0.29, 0.717) is 12.0 Å². The zero-order chi connectivity index (χ0) is 13.1. The van der Waals surface area contributed by atoms with Crippen molar-refractivity contribution in [1.29, 1.82) is 0 Å². The van der Waals surface area contributed by atoms with E-state index in [1.54, 1.807) is 13.8 Å². The van der Waals surface area contributed by atoms with E-state index in [4.69, 9.17) is 10.5 Å². The second-order valence-electron chi connectivity index (χ2n) is 5.94. The molecule has 1 amide bonds. The van der Waals surface area contributed by atoms with Crippen LogP contribution in [0.2, 0.25) is 0 Å². The molecule has 1 fully saturated rings. The summed E-state index contributed by atoms with van der Waals surface area (Å²) < 4.78 is 5.79. The lowest BCUT2D eigenvalue weighted by molar-refractivity contribution is -0.138. The second kappa shape index (κ2) is 5.83. The minimum Gasteiger partial charge on any atom is -0.378 e. The molecule has 1 saturated heterocycles. The van der Waals surface area contributed by atoms with Crippen LogP contribution in [0.5, 0.6) is 0 Å². The van der Waals surface area contributed by atoms with Crippen LogP contribution in [0.4, 0.5) is 0 Å². The molecule has 0 aromatic heterocycles. The summed E-state index contributed by atoms with van der Waals surface area (Å²) in [6.07, 6.45) is 2.16. The Morgan fingerprint density at radius 1 is 1.41 bits per heavy atom. The number of nitrogens with two attached hydrogens (primary N) is 1. The first-order valence-electron chi connectivity index (χ1n) is 6.50. The largest absolute Gasteiger partial charge is 0.378 e. The van der Waals surface area contributed by atoms with Crippen molar-refractivity contribution in [3.8, 4) is 0 Å². The molecule has 0 bridgehead atoms. The molecule has 100 valence electrons. The normalized spacial score (nSPS) is 18.8. The average molecular weight is 242 g/mol. The van der Waals surface area contributed by atoms with Crippen molar-refractivity contribution in [2.45, 2.75) is 52.2 Å². The highest BCUT2D eigenvalue weighted by Gasteiger charge is 2.30. The smallest absolute Gasteiger partial charge is 0.242 e. The number of amides is 1. The average Bonchev–Trinajstić information content (AvgIpc) is 2.25. The van der Waals surface area contributed by atoms with Gasteiger partial charge in [0.15, 0.2) is 0 Å². The fourth-order valence-corrected chi connectivity index (χ4v) is 1.96. The Kier molecular flexibility index (Phi) is 4.95. The highest BCUT2D eigenvalue weighted by Crippen LogP contribution is 2.17. The summed E-state index contributed by atoms with van der Waals surface area (Å²) in [5, 5.41) is 0. The van der Waals surface area contributed by atoms with Gasteiger partial charge in [0.05, 0.1) is 11.6 Å². The molecule has 0 unspecified atom stereocenters. The van der Waals surface area contributed by atoms with Gasteiger partial charge in [-0.3, -0.25) is 4.79 Å². The van der Waals surface area contributed by atoms with Crippen LogP contribution in [0.3, 0.4) is 0 Å². The molecule has 1 aliphatic heterocycles. The molecular formula is C13H26N2O2. The Hall–Kier alpha value is -0.610. The molecule has 1 heterocycles. The van der Waals surface area contributed by atoms with Gasteiger partial charge in [-0.1, -0.05) is 13.8 Å². The molecule has 17 heavy (non-hydrogen) atoms. The third-order valence-electron chi connectivity index (χ3n) is 2.95. The summed E-state index contributed by atoms with van der Waals surface area (Å²) in [6.45, 7) is 10.2. The van der Waals surface area contributed by atoms with Crippen molar-refractivity contribution < 1.29 is 9.53 Å². The monoisotopic (exact) mass is 242 g/mol. The Morgan fingerprint density at radius 3 is 2.35 bits per heavy atom. The van der Waals surface area contributed by atoms with Gasteiger partial charge in [0, 0.05) is 19.7 Å². The van der Waals surface area contributed by atoms with Crippen LogP contribution >= 0.6 is 0 Å². The molecule has 0 saturated carbocycles. The highest BCUT2D eigenvalue weighted by molar-refractivity contribution is 5.85. The fourth-order valence-electron chi connectivity index (χ4n) is 1.96. The van der Waals surface area contributed by atoms with E-state index in [2.05, 4.69) is 13.8 Å². The quantitative estimate of drug-likeness (QED) is 0.810. The fraction of sp³-hybridized carbons (Fsp3) is 0.923. The van der Waals surface area contributed by atoms with Gasteiger partial charge in [0.2, 0.25) is 5.91 Å². The van der Waals surface area contributed by atoms with E-state index >= 15 is 0 Å². The molecule has 0 radical (unpaired) electrons. The molecule has 0 aromatic carbocycles. The van der Waals surface area contributed by atoms with Crippen molar-refractivity contribution >= 4 is 5.91 Å². The highest BCUT2D eigenvalue weighted by atomic mass is 16.5. The minimum atomic E-state index is -0.758. The van der Waals surface area contributed by atoms with Gasteiger partial charge in [-0.2, -0.15) is 0 Å². The maximum atomic E-state index is 12.0. The predicted octanol–water partition coefficient (Wildman–Crippen LogP) is 1.39. The van der Waals surface area contributed by atoms with Gasteiger partial charge in [-0.15, -0.1) is 0 Å². The number of rotatable bonds is 4. The molecule has 0 aliphatic carbocycles. The number of nitrogens with zero attached hydrogens (tertiary/aromatic N) is 1. The van der Waals surface area contributed by atoms with Crippen LogP contribution in [-0.2, 0) is 9.53 Å². The number of carbonyl (C=O) groups excluding carboxylic acids is 1. The van der Waals surface area contributed by atoms with Gasteiger partial charge >= 0.3 is 0 Å². The number of ether oxygens (including phenoxy) is 1. The van der Waals surface area contributed by atoms with Gasteiger partial charge in [-0.25, -0.2) is 0 Å². The van der Waals surface area contributed by atoms with Gasteiger partial charge in [0.1, 0.15) is 0 Å². The number of likely N-dealkylation sites (tertiary alicyclic amines) is 1. The topological polar surface area (TPSA) is 55.6 Å². The molecular weight excluding hydrogens is 216 g/mol. The van der Waals surface area contributed by atoms with E-state index in [-0.39, 0.29) is 5.91 Å². The number of carbonyl (C=O) groups is 1. The van der Waals surface area contributed by atoms with E-state index < -0.39 is 5.54 Å². The minimum absolute atomic E-state index is 0.0415. The van der Waals surface area contributed by atoms with Crippen LogP contribution in [0, 0.1) is 5.92 Å². The van der Waals surface area contributed by atoms with Crippen LogP contribution in [0.25, 0.3) is 0 Å². The number of piperidine rings is 1. The van der Waals surface area contributed by atoms with E-state index in [0.717, 1.165) is 32.5 Å². The maximum absolute atomic E-state index is 12.0. The van der Waals surface area contributed by atoms with Crippen molar-refractivity contribution in [1.82, 2.24) is 4.90 Å². The van der Waals surface area contributed by atoms with Crippen LogP contribution in [0.1, 0.15) is 40.5 Å². The Balaban J connectivity index is 2.33. The first-order valence-corrected chi connectivity index (χ1v) is 6.50. The van der Waals surface area contributed by atoms with Crippen molar-refractivity contribution in [3.63, 3.8) is 0 Å². The first-order chi connectivity index (χ1) is 7.80. The molecule has 4 nitrogen and oxygen atoms in total. The lowest BCUT2D eigenvalue weighted by Crippen LogP contribution is -2.53. The van der Waals surface area contributed by atoms with E-state index in [1.807, 2.05) is 4.90 Å². The van der Waals surface area contributed by atoms with Crippen molar-refractivity contribution in [2.24, 2.45) is 11.7 Å². The Bertz CT molecular complexity index is 251. The molecule has 2 N–H and O–H groups in total. The van der Waals surface area contributed by atoms with Crippen LogP contribution in [0.15, 0.2) is 0 Å². The first kappa shape index (κ1) is 14.5. The summed E-state index contributed by atoms with van der Waals surface area (Å²) in [6, 6.07) is 0. The van der Waals surface area contributed by atoms with E-state index in [9.17, 15) is 4.79 Å². The van der Waals surface area contributed by atoms with Gasteiger partial charge in [-0.05, 0) is 32.6 Å². The molecule has 4 heteroatoms. The zero-order valence-corrected chi connectivity index (χ0v) is 11.5. The third kappa shape index (κ3) is 4.64. The summed E-state index contributed by atoms with van der Waals surface area (Å²) in [5.74, 6) is 0.609. The zero-order valence-electron chi connectivity index (χ0n) is 11.5. The lowest BCUT2D eigenvalue weighted by Gasteiger charge is -2.35. The summed E-state index contributed by atoms with van der Waals surface area (Å²) in [4.78, 5) is 13.8. The van der Waals surface area contributed by atoms with Crippen molar-refractivity contribution in [3.05, 3.63) is 0 Å². The molecule has 0 aromatic rings. The third-order valence-corrected chi connectivity index (χ3v) is 2.95. The Morgan fingerprint density at radius 2 is 1.94 bits per heavy atom. The Labute approximate surface area is 104 Å². The maximum Gasteiger partial charge on any atom is 0.242 e. The SMILES string of the molecule is CC(C)COC1CCN(C(=O)C(C)(C)N)CC1. The molecule has 1 aliphatic rings. The van der Waals surface area contributed by atoms with Crippen LogP contribution in [-0.4, -0.2) is 42.1 Å². The molecule has 0 spiro atoms. The predicted molar refractivity (Wildman–Crippen MR) is 68.7 cm³/mol. The lowest BCUT2D eigenvalue weighted by atomic mass is 10.0. The van der Waals surface area contributed by atoms with Gasteiger partial charge in [0.25, 0.3) is 0 Å². The van der Waals surface area contributed by atoms with Crippen molar-refractivity contribution in [2.75, 3.05) is 19.7 Å². The number of hydrogen-bond donors (Lipinski definition) is 1. The standard InChI is InChI=1S/C13H26N2O2/c1-10(2)9-17-11-5-7-15(8-6-11)12(16)13(3,4)14/h10-11H,5-9,14H2,1-4H3. The summed E-state index contributed by atoms with van der Waals surface area (Å²) in [7, 11) is 0.